The van der Waals surface area contributed by atoms with E-state index in [1.165, 1.54) is 26.0 Å². The summed E-state index contributed by atoms with van der Waals surface area (Å²) in [4.78, 5) is 19.8. The van der Waals surface area contributed by atoms with E-state index in [4.69, 9.17) is 9.47 Å². The predicted molar refractivity (Wildman–Crippen MR) is 86.5 cm³/mol. The Hall–Kier alpha value is -1.83. The lowest BCUT2D eigenvalue weighted by atomic mass is 10.1. The first kappa shape index (κ1) is 18.2. The van der Waals surface area contributed by atoms with E-state index >= 15 is 0 Å². The maximum absolute atomic E-state index is 11.2. The van der Waals surface area contributed by atoms with Gasteiger partial charge in [-0.15, -0.1) is 0 Å². The van der Waals surface area contributed by atoms with E-state index in [2.05, 4.69) is 34.3 Å². The molecule has 22 heavy (non-hydrogen) atoms. The van der Waals surface area contributed by atoms with Crippen molar-refractivity contribution in [1.29, 1.82) is 0 Å². The predicted octanol–water partition coefficient (Wildman–Crippen LogP) is 2.12. The summed E-state index contributed by atoms with van der Waals surface area (Å²) in [6.45, 7) is 5.89. The number of amides is 1. The molecule has 1 N–H and O–H groups in total. The molecule has 0 bridgehead atoms. The lowest BCUT2D eigenvalue weighted by Crippen LogP contribution is -2.20. The Morgan fingerprint density at radius 2 is 1.95 bits per heavy atom. The van der Waals surface area contributed by atoms with Gasteiger partial charge in [0.2, 0.25) is 17.7 Å². The van der Waals surface area contributed by atoms with E-state index in [0.717, 1.165) is 0 Å². The molecule has 0 radical (unpaired) electrons. The van der Waals surface area contributed by atoms with Gasteiger partial charge in [0, 0.05) is 12.6 Å². The van der Waals surface area contributed by atoms with Gasteiger partial charge in [-0.25, -0.2) is 5.43 Å². The second-order valence-electron chi connectivity index (χ2n) is 4.73. The largest absolute Gasteiger partial charge is 0.481 e. The van der Waals surface area contributed by atoms with Crippen molar-refractivity contribution in [3.8, 4) is 11.8 Å². The standard InChI is InChI=1S/C14H22N4O3S/c1-6-11(19)18-15-8-10(9(2)3)22-14-16-12(20-4)7-13(17-14)21-5/h7-10H,6H2,1-5H3,(H,18,19). The van der Waals surface area contributed by atoms with Gasteiger partial charge in [0.25, 0.3) is 0 Å². The molecule has 0 saturated heterocycles. The molecule has 0 aromatic carbocycles. The average molecular weight is 326 g/mol. The van der Waals surface area contributed by atoms with E-state index in [0.29, 0.717) is 23.3 Å². The normalized spacial score (nSPS) is 12.5. The Morgan fingerprint density at radius 1 is 1.36 bits per heavy atom. The molecule has 0 aliphatic rings. The molecule has 0 aliphatic carbocycles. The van der Waals surface area contributed by atoms with Gasteiger partial charge in [0.15, 0.2) is 5.16 Å². The zero-order valence-corrected chi connectivity index (χ0v) is 14.3. The maximum Gasteiger partial charge on any atom is 0.239 e. The molecule has 0 aliphatic heterocycles. The second kappa shape index (κ2) is 9.24. The van der Waals surface area contributed by atoms with E-state index in [9.17, 15) is 4.79 Å². The molecule has 1 atom stereocenters. The third-order valence-corrected chi connectivity index (χ3v) is 4.04. The van der Waals surface area contributed by atoms with E-state index in [1.807, 2.05) is 0 Å². The minimum Gasteiger partial charge on any atom is -0.481 e. The van der Waals surface area contributed by atoms with E-state index < -0.39 is 0 Å². The van der Waals surface area contributed by atoms with Crippen LogP contribution in [0.3, 0.4) is 0 Å². The highest BCUT2D eigenvalue weighted by Crippen LogP contribution is 2.27. The molecule has 8 heteroatoms. The van der Waals surface area contributed by atoms with Gasteiger partial charge < -0.3 is 9.47 Å². The van der Waals surface area contributed by atoms with Gasteiger partial charge in [-0.3, -0.25) is 4.79 Å². The van der Waals surface area contributed by atoms with Crippen LogP contribution in [0.2, 0.25) is 0 Å². The van der Waals surface area contributed by atoms with E-state index in [-0.39, 0.29) is 17.1 Å². The minimum atomic E-state index is -0.122. The van der Waals surface area contributed by atoms with Crippen molar-refractivity contribution in [3.63, 3.8) is 0 Å². The summed E-state index contributed by atoms with van der Waals surface area (Å²) in [5, 5.41) is 4.52. The average Bonchev–Trinajstić information content (AvgIpc) is 2.52. The summed E-state index contributed by atoms with van der Waals surface area (Å²) in [6.07, 6.45) is 2.09. The quantitative estimate of drug-likeness (QED) is 0.341. The molecule has 7 nitrogen and oxygen atoms in total. The number of hydrogen-bond acceptors (Lipinski definition) is 7. The number of hydrogen-bond donors (Lipinski definition) is 1. The molecule has 1 amide bonds. The van der Waals surface area contributed by atoms with Gasteiger partial charge >= 0.3 is 0 Å². The Morgan fingerprint density at radius 3 is 2.41 bits per heavy atom. The molecular formula is C14H22N4O3S. The summed E-state index contributed by atoms with van der Waals surface area (Å²) < 4.78 is 10.3. The molecule has 1 rings (SSSR count). The first-order valence-corrected chi connectivity index (χ1v) is 7.83. The highest BCUT2D eigenvalue weighted by atomic mass is 32.2. The molecule has 0 spiro atoms. The van der Waals surface area contributed by atoms with Crippen molar-refractivity contribution >= 4 is 23.9 Å². The molecule has 1 aromatic heterocycles. The minimum absolute atomic E-state index is 0.00830. The van der Waals surface area contributed by atoms with Gasteiger partial charge in [-0.2, -0.15) is 15.1 Å². The molecule has 1 heterocycles. The number of rotatable bonds is 8. The molecule has 1 aromatic rings. The molecule has 1 unspecified atom stereocenters. The number of carbonyl (C=O) groups is 1. The van der Waals surface area contributed by atoms with Crippen LogP contribution in [0, 0.1) is 5.92 Å². The van der Waals surface area contributed by atoms with Crippen LogP contribution in [0.15, 0.2) is 16.3 Å². The second-order valence-corrected chi connectivity index (χ2v) is 5.87. The van der Waals surface area contributed by atoms with Crippen molar-refractivity contribution < 1.29 is 14.3 Å². The number of hydrazone groups is 1. The highest BCUT2D eigenvalue weighted by molar-refractivity contribution is 8.00. The number of thioether (sulfide) groups is 1. The zero-order valence-electron chi connectivity index (χ0n) is 13.5. The number of nitrogens with one attached hydrogen (secondary N) is 1. The van der Waals surface area contributed by atoms with Crippen molar-refractivity contribution in [2.75, 3.05) is 14.2 Å². The molecule has 0 fully saturated rings. The summed E-state index contributed by atoms with van der Waals surface area (Å²) >= 11 is 1.43. The first-order valence-electron chi connectivity index (χ1n) is 6.95. The van der Waals surface area contributed by atoms with Crippen LogP contribution in [0.5, 0.6) is 11.8 Å². The SMILES string of the molecule is CCC(=O)NN=CC(Sc1nc(OC)cc(OC)n1)C(C)C. The Labute approximate surface area is 134 Å². The van der Waals surface area contributed by atoms with Gasteiger partial charge in [-0.05, 0) is 5.92 Å². The third kappa shape index (κ3) is 5.88. The first-order chi connectivity index (χ1) is 10.5. The molecule has 122 valence electrons. The lowest BCUT2D eigenvalue weighted by Gasteiger charge is -2.15. The fourth-order valence-electron chi connectivity index (χ4n) is 1.37. The van der Waals surface area contributed by atoms with Crippen LogP contribution in [0.25, 0.3) is 0 Å². The van der Waals surface area contributed by atoms with Gasteiger partial charge in [0.1, 0.15) is 0 Å². The summed E-state index contributed by atoms with van der Waals surface area (Å²) in [5.41, 5.74) is 2.48. The highest BCUT2D eigenvalue weighted by Gasteiger charge is 2.16. The van der Waals surface area contributed by atoms with Crippen LogP contribution >= 0.6 is 11.8 Å². The van der Waals surface area contributed by atoms with Gasteiger partial charge in [-0.1, -0.05) is 32.5 Å². The smallest absolute Gasteiger partial charge is 0.239 e. The number of methoxy groups -OCH3 is 2. The third-order valence-electron chi connectivity index (χ3n) is 2.71. The van der Waals surface area contributed by atoms with Crippen molar-refractivity contribution in [2.45, 2.75) is 37.6 Å². The Kier molecular flexibility index (Phi) is 7.65. The number of carbonyl (C=O) groups excluding carboxylic acids is 1. The fourth-order valence-corrected chi connectivity index (χ4v) is 2.29. The Balaban J connectivity index is 2.84. The van der Waals surface area contributed by atoms with Crippen LogP contribution in [-0.2, 0) is 4.79 Å². The van der Waals surface area contributed by atoms with Crippen LogP contribution in [-0.4, -0.2) is 41.6 Å². The summed E-state index contributed by atoms with van der Waals surface area (Å²) in [7, 11) is 3.08. The van der Waals surface area contributed by atoms with Crippen molar-refractivity contribution in [2.24, 2.45) is 11.0 Å². The maximum atomic E-state index is 11.2. The Bertz CT molecular complexity index is 501. The number of nitrogens with zero attached hydrogens (tertiary/aromatic N) is 3. The molecular weight excluding hydrogens is 304 g/mol. The number of aromatic nitrogens is 2. The van der Waals surface area contributed by atoms with Crippen LogP contribution in [0.1, 0.15) is 27.2 Å². The monoisotopic (exact) mass is 326 g/mol. The summed E-state index contributed by atoms with van der Waals surface area (Å²) in [5.74, 6) is 1.04. The van der Waals surface area contributed by atoms with Crippen LogP contribution in [0.4, 0.5) is 0 Å². The van der Waals surface area contributed by atoms with E-state index in [1.54, 1.807) is 19.2 Å². The van der Waals surface area contributed by atoms with Gasteiger partial charge in [0.05, 0.1) is 25.5 Å². The summed E-state index contributed by atoms with van der Waals surface area (Å²) in [6, 6.07) is 1.62. The van der Waals surface area contributed by atoms with Crippen LogP contribution < -0.4 is 14.9 Å². The fraction of sp³-hybridized carbons (Fsp3) is 0.571. The van der Waals surface area contributed by atoms with Crippen molar-refractivity contribution in [3.05, 3.63) is 6.07 Å². The topological polar surface area (TPSA) is 85.7 Å². The zero-order chi connectivity index (χ0) is 16.5. The van der Waals surface area contributed by atoms with Crippen molar-refractivity contribution in [1.82, 2.24) is 15.4 Å². The molecule has 0 saturated carbocycles. The lowest BCUT2D eigenvalue weighted by molar-refractivity contribution is -0.120. The number of ether oxygens (including phenoxy) is 2.